The number of fused-ring (bicyclic) bond motifs is 1. The molecule has 0 aliphatic heterocycles. The minimum absolute atomic E-state index is 0. The van der Waals surface area contributed by atoms with E-state index in [1.54, 1.807) is 49.7 Å². The molecule has 2 aromatic carbocycles. The normalized spacial score (nSPS) is 17.0. The zero-order chi connectivity index (χ0) is 24.0. The molecule has 0 spiro atoms. The summed E-state index contributed by atoms with van der Waals surface area (Å²) in [6.45, 7) is 0. The van der Waals surface area contributed by atoms with Gasteiger partial charge in [0.05, 0.1) is 12.6 Å². The predicted molar refractivity (Wildman–Crippen MR) is 143 cm³/mol. The lowest BCUT2D eigenvalue weighted by Crippen LogP contribution is -2.40. The number of pyridine rings is 2. The SMILES string of the molecule is COc1ccc(Oc2ncccc2C(=O)N[C@H]2CC[C@@H](Nc3ccc4ccccc4n3)CC2)cc1.Cl. The minimum Gasteiger partial charge on any atom is -0.497 e. The van der Waals surface area contributed by atoms with Crippen molar-refractivity contribution in [3.63, 3.8) is 0 Å². The van der Waals surface area contributed by atoms with Crippen molar-refractivity contribution < 1.29 is 14.3 Å². The Morgan fingerprint density at radius 2 is 1.58 bits per heavy atom. The first-order valence-electron chi connectivity index (χ1n) is 11.9. The van der Waals surface area contributed by atoms with Crippen molar-refractivity contribution in [3.05, 3.63) is 84.6 Å². The number of hydrogen-bond donors (Lipinski definition) is 2. The standard InChI is InChI=1S/C28H28N4O3.ClH/c1-34-22-13-15-23(16-14-22)35-28-24(6-4-18-29-28)27(33)31-21-11-9-20(10-12-21)30-26-17-8-19-5-2-3-7-25(19)32-26;/h2-8,13-18,20-21H,9-12H2,1H3,(H,30,32)(H,31,33);1H/t20-,21+;. The fourth-order valence-corrected chi connectivity index (χ4v) is 4.40. The van der Waals surface area contributed by atoms with Crippen molar-refractivity contribution >= 4 is 35.0 Å². The molecule has 1 saturated carbocycles. The summed E-state index contributed by atoms with van der Waals surface area (Å²) in [6, 6.07) is 23.3. The third-order valence-electron chi connectivity index (χ3n) is 6.30. The number of amides is 1. The largest absolute Gasteiger partial charge is 0.497 e. The Labute approximate surface area is 216 Å². The Balaban J connectivity index is 0.00000304. The van der Waals surface area contributed by atoms with Crippen molar-refractivity contribution in [1.82, 2.24) is 15.3 Å². The number of nitrogens with zero attached hydrogens (tertiary/aromatic N) is 2. The van der Waals surface area contributed by atoms with E-state index < -0.39 is 0 Å². The summed E-state index contributed by atoms with van der Waals surface area (Å²) in [5.41, 5.74) is 1.41. The maximum atomic E-state index is 13.0. The Bertz CT molecular complexity index is 1310. The molecule has 2 heterocycles. The van der Waals surface area contributed by atoms with Crippen molar-refractivity contribution in [2.45, 2.75) is 37.8 Å². The monoisotopic (exact) mass is 504 g/mol. The van der Waals surface area contributed by atoms with E-state index in [9.17, 15) is 4.79 Å². The average molecular weight is 505 g/mol. The molecule has 1 aliphatic rings. The molecule has 2 N–H and O–H groups in total. The molecule has 0 saturated heterocycles. The number of carbonyl (C=O) groups excluding carboxylic acids is 1. The third kappa shape index (κ3) is 6.04. The number of carbonyl (C=O) groups is 1. The van der Waals surface area contributed by atoms with Crippen LogP contribution in [0.2, 0.25) is 0 Å². The second-order valence-corrected chi connectivity index (χ2v) is 8.69. The highest BCUT2D eigenvalue weighted by atomic mass is 35.5. The van der Waals surface area contributed by atoms with E-state index >= 15 is 0 Å². The van der Waals surface area contributed by atoms with E-state index in [4.69, 9.17) is 14.5 Å². The van der Waals surface area contributed by atoms with Gasteiger partial charge in [0, 0.05) is 23.7 Å². The van der Waals surface area contributed by atoms with E-state index in [1.165, 1.54) is 0 Å². The van der Waals surface area contributed by atoms with Crippen LogP contribution in [0.1, 0.15) is 36.0 Å². The number of aromatic nitrogens is 2. The van der Waals surface area contributed by atoms with Crippen LogP contribution in [0.15, 0.2) is 79.0 Å². The summed E-state index contributed by atoms with van der Waals surface area (Å²) in [4.78, 5) is 22.0. The van der Waals surface area contributed by atoms with Crippen LogP contribution in [0, 0.1) is 0 Å². The predicted octanol–water partition coefficient (Wildman–Crippen LogP) is 6.01. The van der Waals surface area contributed by atoms with E-state index in [2.05, 4.69) is 27.8 Å². The summed E-state index contributed by atoms with van der Waals surface area (Å²) in [7, 11) is 1.61. The number of halogens is 1. The van der Waals surface area contributed by atoms with E-state index in [0.717, 1.165) is 48.2 Å². The summed E-state index contributed by atoms with van der Waals surface area (Å²) in [6.07, 6.45) is 5.33. The highest BCUT2D eigenvalue weighted by Gasteiger charge is 2.24. The number of hydrogen-bond acceptors (Lipinski definition) is 6. The minimum atomic E-state index is -0.172. The Kier molecular flexibility index (Phi) is 8.23. The maximum Gasteiger partial charge on any atom is 0.257 e. The molecule has 0 bridgehead atoms. The quantitative estimate of drug-likeness (QED) is 0.321. The molecule has 186 valence electrons. The van der Waals surface area contributed by atoms with Crippen LogP contribution in [-0.2, 0) is 0 Å². The van der Waals surface area contributed by atoms with Crippen LogP contribution in [0.5, 0.6) is 17.4 Å². The van der Waals surface area contributed by atoms with Crippen LogP contribution < -0.4 is 20.1 Å². The number of anilines is 1. The summed E-state index contributed by atoms with van der Waals surface area (Å²) < 4.78 is 11.1. The molecule has 36 heavy (non-hydrogen) atoms. The first kappa shape index (κ1) is 25.3. The van der Waals surface area contributed by atoms with Gasteiger partial charge in [0.15, 0.2) is 0 Å². The van der Waals surface area contributed by atoms with Crippen LogP contribution in [-0.4, -0.2) is 35.1 Å². The number of methoxy groups -OCH3 is 1. The number of benzene rings is 2. The second kappa shape index (κ2) is 11.7. The van der Waals surface area contributed by atoms with Gasteiger partial charge in [-0.1, -0.05) is 18.2 Å². The van der Waals surface area contributed by atoms with Gasteiger partial charge in [-0.25, -0.2) is 9.97 Å². The van der Waals surface area contributed by atoms with E-state index in [1.807, 2.05) is 24.3 Å². The smallest absolute Gasteiger partial charge is 0.257 e. The lowest BCUT2D eigenvalue weighted by atomic mass is 9.91. The average Bonchev–Trinajstić information content (AvgIpc) is 2.90. The third-order valence-corrected chi connectivity index (χ3v) is 6.30. The number of para-hydroxylation sites is 1. The van der Waals surface area contributed by atoms with Crippen molar-refractivity contribution in [2.24, 2.45) is 0 Å². The van der Waals surface area contributed by atoms with Crippen LogP contribution >= 0.6 is 12.4 Å². The Morgan fingerprint density at radius 3 is 2.36 bits per heavy atom. The van der Waals surface area contributed by atoms with Crippen molar-refractivity contribution in [1.29, 1.82) is 0 Å². The molecule has 1 aliphatic carbocycles. The molecule has 0 unspecified atom stereocenters. The molecular formula is C28H29ClN4O3. The van der Waals surface area contributed by atoms with Gasteiger partial charge in [0.2, 0.25) is 5.88 Å². The molecule has 7 nitrogen and oxygen atoms in total. The highest BCUT2D eigenvalue weighted by molar-refractivity contribution is 5.96. The van der Waals surface area contributed by atoms with Gasteiger partial charge in [0.1, 0.15) is 22.9 Å². The summed E-state index contributed by atoms with van der Waals surface area (Å²) in [5.74, 6) is 2.33. The van der Waals surface area contributed by atoms with Crippen LogP contribution in [0.4, 0.5) is 5.82 Å². The van der Waals surface area contributed by atoms with Crippen LogP contribution in [0.3, 0.4) is 0 Å². The highest BCUT2D eigenvalue weighted by Crippen LogP contribution is 2.27. The summed E-state index contributed by atoms with van der Waals surface area (Å²) >= 11 is 0. The molecule has 1 fully saturated rings. The number of nitrogens with one attached hydrogen (secondary N) is 2. The molecule has 0 atom stereocenters. The molecular weight excluding hydrogens is 476 g/mol. The van der Waals surface area contributed by atoms with E-state index in [-0.39, 0.29) is 30.2 Å². The molecule has 0 radical (unpaired) electrons. The van der Waals surface area contributed by atoms with Gasteiger partial charge in [-0.2, -0.15) is 0 Å². The van der Waals surface area contributed by atoms with Gasteiger partial charge < -0.3 is 20.1 Å². The lowest BCUT2D eigenvalue weighted by Gasteiger charge is -2.30. The molecule has 5 rings (SSSR count). The first-order valence-corrected chi connectivity index (χ1v) is 11.9. The van der Waals surface area contributed by atoms with Gasteiger partial charge in [-0.05, 0) is 80.3 Å². The topological polar surface area (TPSA) is 85.4 Å². The fourth-order valence-electron chi connectivity index (χ4n) is 4.40. The molecule has 1 amide bonds. The molecule has 4 aromatic rings. The number of rotatable bonds is 7. The van der Waals surface area contributed by atoms with Crippen molar-refractivity contribution in [2.75, 3.05) is 12.4 Å². The summed E-state index contributed by atoms with van der Waals surface area (Å²) in [5, 5.41) is 7.86. The molecule has 2 aromatic heterocycles. The van der Waals surface area contributed by atoms with Crippen molar-refractivity contribution in [3.8, 4) is 17.4 Å². The van der Waals surface area contributed by atoms with Gasteiger partial charge in [-0.15, -0.1) is 12.4 Å². The second-order valence-electron chi connectivity index (χ2n) is 8.69. The fraction of sp³-hybridized carbons (Fsp3) is 0.250. The van der Waals surface area contributed by atoms with Gasteiger partial charge >= 0.3 is 0 Å². The zero-order valence-electron chi connectivity index (χ0n) is 20.0. The van der Waals surface area contributed by atoms with Crippen LogP contribution in [0.25, 0.3) is 10.9 Å². The first-order chi connectivity index (χ1) is 17.2. The lowest BCUT2D eigenvalue weighted by molar-refractivity contribution is 0.0923. The Morgan fingerprint density at radius 1 is 0.861 bits per heavy atom. The van der Waals surface area contributed by atoms with Gasteiger partial charge in [0.25, 0.3) is 5.91 Å². The van der Waals surface area contributed by atoms with E-state index in [0.29, 0.717) is 17.4 Å². The maximum absolute atomic E-state index is 13.0. The number of ether oxygens (including phenoxy) is 2. The molecule has 8 heteroatoms. The Hall–Kier alpha value is -3.84. The zero-order valence-corrected chi connectivity index (χ0v) is 20.8. The van der Waals surface area contributed by atoms with Gasteiger partial charge in [-0.3, -0.25) is 4.79 Å².